The maximum Gasteiger partial charge on any atom is 0.135 e. The largest absolute Gasteiger partial charge is 0.456 e. The van der Waals surface area contributed by atoms with Gasteiger partial charge in [-0.25, -0.2) is 0 Å². The van der Waals surface area contributed by atoms with E-state index in [9.17, 15) is 0 Å². The number of hydrogen-bond donors (Lipinski definition) is 1. The molecule has 0 spiro atoms. The standard InChI is InChI=1S/C52H36N2OS/c1-4-13-34(14-5-1)33-53-52-44-31-36(35-15-6-2-7-16-35)25-28-49(44)56-50(52)32-39-17-12-22-48-51(39)43-30-38(24-27-47(43)55-48)37-23-26-46-42(29-37)41-20-10-11-21-45(41)54(46)40-18-8-3-9-19-40/h1-31,53H,32-33H2. The zero-order chi connectivity index (χ0) is 37.0. The SMILES string of the molecule is c1ccc(CNc2c(Cc3cccc4oc5ccc(-c6ccc7c(c6)c6ccccc6n7-c6ccccc6)cc5c34)sc3ccc(-c4ccccc4)cc23)cc1. The van der Waals surface area contributed by atoms with Crippen molar-refractivity contribution in [2.24, 2.45) is 0 Å². The lowest BCUT2D eigenvalue weighted by Gasteiger charge is -2.11. The number of rotatable bonds is 8. The van der Waals surface area contributed by atoms with Crippen molar-refractivity contribution in [2.75, 3.05) is 5.32 Å². The van der Waals surface area contributed by atoms with Gasteiger partial charge in [0.05, 0.1) is 16.7 Å². The average Bonchev–Trinajstić information content (AvgIpc) is 3.92. The van der Waals surface area contributed by atoms with Crippen molar-refractivity contribution in [1.82, 2.24) is 4.57 Å². The third-order valence-corrected chi connectivity index (χ3v) is 12.3. The summed E-state index contributed by atoms with van der Waals surface area (Å²) in [5.41, 5.74) is 13.9. The number of benzene rings is 8. The normalized spacial score (nSPS) is 11.7. The van der Waals surface area contributed by atoms with Gasteiger partial charge in [-0.15, -0.1) is 11.3 Å². The molecular weight excluding hydrogens is 701 g/mol. The van der Waals surface area contributed by atoms with E-state index in [1.807, 2.05) is 11.3 Å². The van der Waals surface area contributed by atoms with E-state index in [0.29, 0.717) is 0 Å². The zero-order valence-electron chi connectivity index (χ0n) is 30.6. The first-order chi connectivity index (χ1) is 27.7. The van der Waals surface area contributed by atoms with Crippen LogP contribution in [0.3, 0.4) is 0 Å². The molecular formula is C52H36N2OS. The number of nitrogens with one attached hydrogen (secondary N) is 1. The predicted octanol–water partition coefficient (Wildman–Crippen LogP) is 14.4. The summed E-state index contributed by atoms with van der Waals surface area (Å²) in [6.07, 6.45) is 0.790. The zero-order valence-corrected chi connectivity index (χ0v) is 31.4. The molecule has 0 unspecified atom stereocenters. The van der Waals surface area contributed by atoms with Gasteiger partial charge in [-0.3, -0.25) is 0 Å². The highest BCUT2D eigenvalue weighted by Crippen LogP contribution is 2.43. The quantitative estimate of drug-likeness (QED) is 0.168. The van der Waals surface area contributed by atoms with E-state index in [4.69, 9.17) is 4.42 Å². The number of aromatic nitrogens is 1. The first-order valence-electron chi connectivity index (χ1n) is 19.2. The van der Waals surface area contributed by atoms with Crippen LogP contribution in [0.25, 0.3) is 81.8 Å². The van der Waals surface area contributed by atoms with Crippen molar-refractivity contribution in [1.29, 1.82) is 0 Å². The van der Waals surface area contributed by atoms with Gasteiger partial charge in [0.25, 0.3) is 0 Å². The number of nitrogens with zero attached hydrogens (tertiary/aromatic N) is 1. The molecule has 0 radical (unpaired) electrons. The van der Waals surface area contributed by atoms with Gasteiger partial charge in [-0.05, 0) is 94.0 Å². The average molecular weight is 737 g/mol. The molecule has 0 bridgehead atoms. The van der Waals surface area contributed by atoms with Crippen molar-refractivity contribution in [2.45, 2.75) is 13.0 Å². The summed E-state index contributed by atoms with van der Waals surface area (Å²) in [7, 11) is 0. The topological polar surface area (TPSA) is 30.1 Å². The van der Waals surface area contributed by atoms with Crippen LogP contribution < -0.4 is 5.32 Å². The molecule has 0 saturated heterocycles. The summed E-state index contributed by atoms with van der Waals surface area (Å²) in [5, 5.41) is 9.97. The van der Waals surface area contributed by atoms with Gasteiger partial charge in [0.15, 0.2) is 0 Å². The Morgan fingerprint density at radius 2 is 1.14 bits per heavy atom. The van der Waals surface area contributed by atoms with Crippen LogP contribution >= 0.6 is 11.3 Å². The molecule has 266 valence electrons. The number of furan rings is 1. The van der Waals surface area contributed by atoms with Crippen LogP contribution in [-0.2, 0) is 13.0 Å². The maximum atomic E-state index is 6.55. The van der Waals surface area contributed by atoms with Crippen LogP contribution in [0.5, 0.6) is 0 Å². The van der Waals surface area contributed by atoms with Crippen LogP contribution in [0.1, 0.15) is 16.0 Å². The molecule has 0 aliphatic heterocycles. The van der Waals surface area contributed by atoms with Crippen LogP contribution in [0.15, 0.2) is 192 Å². The summed E-state index contributed by atoms with van der Waals surface area (Å²) >= 11 is 1.88. The smallest absolute Gasteiger partial charge is 0.135 e. The molecule has 11 aromatic rings. The predicted molar refractivity (Wildman–Crippen MR) is 237 cm³/mol. The minimum absolute atomic E-state index is 0.756. The van der Waals surface area contributed by atoms with Gasteiger partial charge in [0, 0.05) is 55.2 Å². The summed E-state index contributed by atoms with van der Waals surface area (Å²) in [4.78, 5) is 1.32. The number of para-hydroxylation sites is 2. The fraction of sp³-hybridized carbons (Fsp3) is 0.0385. The molecule has 8 aromatic carbocycles. The van der Waals surface area contributed by atoms with Gasteiger partial charge in [0.1, 0.15) is 11.2 Å². The maximum absolute atomic E-state index is 6.55. The van der Waals surface area contributed by atoms with Crippen molar-refractivity contribution < 1.29 is 4.42 Å². The Bertz CT molecular complexity index is 3210. The Labute approximate surface area is 328 Å². The Morgan fingerprint density at radius 1 is 0.482 bits per heavy atom. The number of fused-ring (bicyclic) bond motifs is 7. The molecule has 4 heteroatoms. The van der Waals surface area contributed by atoms with Crippen molar-refractivity contribution in [3.8, 4) is 27.9 Å². The second-order valence-electron chi connectivity index (χ2n) is 14.5. The fourth-order valence-electron chi connectivity index (χ4n) is 8.47. The molecule has 1 N–H and O–H groups in total. The van der Waals surface area contributed by atoms with Crippen molar-refractivity contribution >= 4 is 70.9 Å². The van der Waals surface area contributed by atoms with E-state index >= 15 is 0 Å². The lowest BCUT2D eigenvalue weighted by molar-refractivity contribution is 0.669. The second-order valence-corrected chi connectivity index (χ2v) is 15.7. The summed E-state index contributed by atoms with van der Waals surface area (Å²) in [6, 6.07) is 67.6. The number of anilines is 1. The Kier molecular flexibility index (Phi) is 7.82. The van der Waals surface area contributed by atoms with Gasteiger partial charge >= 0.3 is 0 Å². The van der Waals surface area contributed by atoms with Crippen LogP contribution in [-0.4, -0.2) is 4.57 Å². The number of hydrogen-bond acceptors (Lipinski definition) is 3. The highest BCUT2D eigenvalue weighted by Gasteiger charge is 2.19. The van der Waals surface area contributed by atoms with E-state index in [1.54, 1.807) is 0 Å². The van der Waals surface area contributed by atoms with Gasteiger partial charge in [-0.2, -0.15) is 0 Å². The highest BCUT2D eigenvalue weighted by atomic mass is 32.1. The second kappa shape index (κ2) is 13.5. The third kappa shape index (κ3) is 5.57. The molecule has 0 saturated carbocycles. The summed E-state index contributed by atoms with van der Waals surface area (Å²) in [6.45, 7) is 0.756. The van der Waals surface area contributed by atoms with E-state index in [2.05, 4.69) is 198 Å². The lowest BCUT2D eigenvalue weighted by atomic mass is 9.98. The van der Waals surface area contributed by atoms with Crippen LogP contribution in [0, 0.1) is 0 Å². The highest BCUT2D eigenvalue weighted by molar-refractivity contribution is 7.19. The number of thiophene rings is 1. The molecule has 0 aliphatic rings. The van der Waals surface area contributed by atoms with E-state index in [0.717, 1.165) is 29.5 Å². The molecule has 56 heavy (non-hydrogen) atoms. The van der Waals surface area contributed by atoms with Gasteiger partial charge < -0.3 is 14.3 Å². The third-order valence-electron chi connectivity index (χ3n) is 11.1. The Hall–Kier alpha value is -6.88. The van der Waals surface area contributed by atoms with Gasteiger partial charge in [-0.1, -0.05) is 127 Å². The van der Waals surface area contributed by atoms with E-state index in [-0.39, 0.29) is 0 Å². The summed E-state index contributed by atoms with van der Waals surface area (Å²) in [5.74, 6) is 0. The first kappa shape index (κ1) is 32.5. The molecule has 0 fully saturated rings. The fourth-order valence-corrected chi connectivity index (χ4v) is 9.66. The van der Waals surface area contributed by atoms with Crippen molar-refractivity contribution in [3.05, 3.63) is 204 Å². The van der Waals surface area contributed by atoms with Gasteiger partial charge in [0.2, 0.25) is 0 Å². The molecule has 11 rings (SSSR count). The van der Waals surface area contributed by atoms with Crippen LogP contribution in [0.4, 0.5) is 5.69 Å². The Morgan fingerprint density at radius 3 is 1.98 bits per heavy atom. The Balaban J connectivity index is 1.02. The monoisotopic (exact) mass is 736 g/mol. The molecule has 0 aliphatic carbocycles. The molecule has 0 amide bonds. The van der Waals surface area contributed by atoms with Crippen LogP contribution in [0.2, 0.25) is 0 Å². The first-order valence-corrected chi connectivity index (χ1v) is 20.0. The minimum atomic E-state index is 0.756. The molecule has 3 heterocycles. The van der Waals surface area contributed by atoms with E-state index in [1.165, 1.54) is 86.9 Å². The van der Waals surface area contributed by atoms with Crippen molar-refractivity contribution in [3.63, 3.8) is 0 Å². The molecule has 3 aromatic heterocycles. The minimum Gasteiger partial charge on any atom is -0.456 e. The van der Waals surface area contributed by atoms with E-state index < -0.39 is 0 Å². The summed E-state index contributed by atoms with van der Waals surface area (Å²) < 4.78 is 10.2. The molecule has 0 atom stereocenters. The molecule has 3 nitrogen and oxygen atoms in total. The lowest BCUT2D eigenvalue weighted by Crippen LogP contribution is -2.01.